The van der Waals surface area contributed by atoms with Gasteiger partial charge in [-0.2, -0.15) is 0 Å². The molecule has 2 aromatic rings. The fraction of sp³-hybridized carbons (Fsp3) is 0.605. The van der Waals surface area contributed by atoms with Crippen molar-refractivity contribution in [1.29, 1.82) is 0 Å². The van der Waals surface area contributed by atoms with E-state index in [-0.39, 0.29) is 54.1 Å². The van der Waals surface area contributed by atoms with Crippen molar-refractivity contribution in [2.45, 2.75) is 118 Å². The number of allylic oxidation sites excluding steroid dienone is 1. The standard InChI is InChI=1S/C43H56N2O9S/c1-2-23-51-43-39(55-33-15-3-4-16-33)28-37(44-54-40-18-7-10-24-50-40)35-25-29(12-5-8-21-46)34(17-6-9-22-47)41(42(35)43)36-27-32(19-20-38(36)53-43)52-31-14-11-13-30(26-31)45(48)49/h2,11,13-14,19-20,25-27,29,33-34,39-42,46-47H,1,3-10,12,15-18,21-24,28H2/t29-,34+,39-,40?,41+,42+,43+/m0/s1. The number of fused-ring (bicyclic) bond motifs is 2. The maximum Gasteiger partial charge on any atom is 0.273 e. The van der Waals surface area contributed by atoms with Crippen LogP contribution in [0, 0.1) is 27.9 Å². The number of benzene rings is 2. The molecule has 12 heteroatoms. The Morgan fingerprint density at radius 3 is 2.53 bits per heavy atom. The Morgan fingerprint density at radius 1 is 1.00 bits per heavy atom. The highest BCUT2D eigenvalue weighted by Crippen LogP contribution is 2.63. The zero-order valence-corrected chi connectivity index (χ0v) is 32.5. The molecule has 0 bridgehead atoms. The van der Waals surface area contributed by atoms with E-state index in [1.54, 1.807) is 18.2 Å². The van der Waals surface area contributed by atoms with E-state index in [9.17, 15) is 20.3 Å². The summed E-state index contributed by atoms with van der Waals surface area (Å²) in [5.41, 5.74) is 2.95. The van der Waals surface area contributed by atoms with Gasteiger partial charge in [0.1, 0.15) is 17.2 Å². The summed E-state index contributed by atoms with van der Waals surface area (Å²) in [6.07, 6.45) is 16.9. The molecule has 0 spiro atoms. The number of ether oxygens (including phenoxy) is 4. The Bertz CT molecular complexity index is 1690. The van der Waals surface area contributed by atoms with Gasteiger partial charge in [-0.15, -0.1) is 18.3 Å². The summed E-state index contributed by atoms with van der Waals surface area (Å²) >= 11 is 1.97. The third-order valence-corrected chi connectivity index (χ3v) is 13.6. The second-order valence-corrected chi connectivity index (χ2v) is 17.1. The summed E-state index contributed by atoms with van der Waals surface area (Å²) in [6, 6.07) is 12.1. The molecule has 2 aliphatic heterocycles. The fourth-order valence-electron chi connectivity index (χ4n) is 9.48. The summed E-state index contributed by atoms with van der Waals surface area (Å²) < 4.78 is 26.7. The molecule has 2 N–H and O–H groups in total. The fourth-order valence-corrected chi connectivity index (χ4v) is 11.3. The van der Waals surface area contributed by atoms with Gasteiger partial charge in [-0.25, -0.2) is 0 Å². The van der Waals surface area contributed by atoms with E-state index in [4.69, 9.17) is 28.9 Å². The Hall–Kier alpha value is -3.42. The number of rotatable bonds is 18. The molecule has 0 amide bonds. The molecule has 298 valence electrons. The molecule has 55 heavy (non-hydrogen) atoms. The van der Waals surface area contributed by atoms with E-state index in [0.29, 0.717) is 49.2 Å². The predicted octanol–water partition coefficient (Wildman–Crippen LogP) is 9.22. The second kappa shape index (κ2) is 18.7. The number of hydrogen-bond donors (Lipinski definition) is 2. The monoisotopic (exact) mass is 776 g/mol. The molecule has 2 heterocycles. The number of unbranched alkanes of at least 4 members (excludes halogenated alkanes) is 2. The molecular weight excluding hydrogens is 721 g/mol. The number of thioether (sulfide) groups is 1. The van der Waals surface area contributed by atoms with Crippen molar-refractivity contribution >= 4 is 23.2 Å². The number of non-ortho nitro benzene ring substituents is 1. The van der Waals surface area contributed by atoms with Gasteiger partial charge in [-0.3, -0.25) is 10.1 Å². The van der Waals surface area contributed by atoms with E-state index >= 15 is 0 Å². The summed E-state index contributed by atoms with van der Waals surface area (Å²) in [4.78, 5) is 17.4. The molecule has 2 saturated carbocycles. The Labute approximate surface area is 328 Å². The Morgan fingerprint density at radius 2 is 1.78 bits per heavy atom. The van der Waals surface area contributed by atoms with Gasteiger partial charge in [-0.05, 0) is 93.0 Å². The van der Waals surface area contributed by atoms with Gasteiger partial charge in [0.2, 0.25) is 12.1 Å². The Kier molecular flexibility index (Phi) is 13.5. The van der Waals surface area contributed by atoms with Gasteiger partial charge < -0.3 is 34.0 Å². The summed E-state index contributed by atoms with van der Waals surface area (Å²) in [5.74, 6) is 0.627. The van der Waals surface area contributed by atoms with Crippen molar-refractivity contribution in [1.82, 2.24) is 0 Å². The van der Waals surface area contributed by atoms with Crippen molar-refractivity contribution in [2.24, 2.45) is 22.9 Å². The molecule has 1 saturated heterocycles. The van der Waals surface area contributed by atoms with Crippen LogP contribution in [0.15, 0.2) is 71.9 Å². The highest BCUT2D eigenvalue weighted by Gasteiger charge is 2.64. The zero-order chi connectivity index (χ0) is 38.2. The van der Waals surface area contributed by atoms with E-state index in [0.717, 1.165) is 80.4 Å². The average molecular weight is 777 g/mol. The number of nitro benzene ring substituents is 1. The molecule has 7 rings (SSSR count). The third kappa shape index (κ3) is 8.94. The maximum absolute atomic E-state index is 11.6. The largest absolute Gasteiger partial charge is 0.460 e. The Balaban J connectivity index is 1.38. The van der Waals surface area contributed by atoms with E-state index in [1.165, 1.54) is 25.0 Å². The molecule has 11 nitrogen and oxygen atoms in total. The highest BCUT2D eigenvalue weighted by molar-refractivity contribution is 8.00. The average Bonchev–Trinajstić information content (AvgIpc) is 3.72. The van der Waals surface area contributed by atoms with Gasteiger partial charge in [0, 0.05) is 48.9 Å². The van der Waals surface area contributed by atoms with Crippen LogP contribution in [0.1, 0.15) is 101 Å². The smallest absolute Gasteiger partial charge is 0.273 e. The second-order valence-electron chi connectivity index (χ2n) is 15.5. The first kappa shape index (κ1) is 39.8. The van der Waals surface area contributed by atoms with Crippen LogP contribution in [0.2, 0.25) is 0 Å². The first-order chi connectivity index (χ1) is 26.9. The SMILES string of the molecule is C=CCO[C@@]12Oc3ccc(Oc4cccc([N+](=O)[O-])c4)cc3[C@H]3[C@H](CCCCO)[C@@H](CCCCO)C=C(C(=NOC4CCCCO4)C[C@@H]1SC1CCCC1)[C@H]32. The first-order valence-corrected chi connectivity index (χ1v) is 21.3. The predicted molar refractivity (Wildman–Crippen MR) is 213 cm³/mol. The van der Waals surface area contributed by atoms with Crippen molar-refractivity contribution in [2.75, 3.05) is 26.4 Å². The lowest BCUT2D eigenvalue weighted by molar-refractivity contribution is -0.384. The molecule has 7 atom stereocenters. The van der Waals surface area contributed by atoms with E-state index in [1.807, 2.05) is 30.0 Å². The van der Waals surface area contributed by atoms with Gasteiger partial charge in [0.15, 0.2) is 0 Å². The normalized spacial score (nSPS) is 29.5. The lowest BCUT2D eigenvalue weighted by Gasteiger charge is -2.58. The van der Waals surface area contributed by atoms with Gasteiger partial charge >= 0.3 is 0 Å². The van der Waals surface area contributed by atoms with Crippen molar-refractivity contribution in [3.8, 4) is 17.2 Å². The first-order valence-electron chi connectivity index (χ1n) is 20.4. The zero-order valence-electron chi connectivity index (χ0n) is 31.7. The molecular formula is C43H56N2O9S. The number of aliphatic hydroxyl groups is 2. The van der Waals surface area contributed by atoms with Crippen LogP contribution in [0.5, 0.6) is 17.2 Å². The van der Waals surface area contributed by atoms with Gasteiger partial charge in [-0.1, -0.05) is 49.1 Å². The minimum Gasteiger partial charge on any atom is -0.460 e. The molecule has 5 aliphatic rings. The number of nitrogens with zero attached hydrogens (tertiary/aromatic N) is 2. The minimum atomic E-state index is -1.03. The van der Waals surface area contributed by atoms with Crippen LogP contribution in [-0.4, -0.2) is 69.9 Å². The third-order valence-electron chi connectivity index (χ3n) is 12.0. The number of hydrogen-bond acceptors (Lipinski definition) is 11. The molecule has 0 aromatic heterocycles. The van der Waals surface area contributed by atoms with Crippen LogP contribution in [0.3, 0.4) is 0 Å². The van der Waals surface area contributed by atoms with Crippen LogP contribution < -0.4 is 9.47 Å². The number of aliphatic hydroxyl groups excluding tert-OH is 2. The van der Waals surface area contributed by atoms with Crippen molar-refractivity contribution in [3.05, 3.63) is 82.4 Å². The van der Waals surface area contributed by atoms with Crippen molar-refractivity contribution in [3.63, 3.8) is 0 Å². The maximum atomic E-state index is 11.6. The van der Waals surface area contributed by atoms with Gasteiger partial charge in [0.25, 0.3) is 5.69 Å². The van der Waals surface area contributed by atoms with Crippen LogP contribution >= 0.6 is 11.8 Å². The quantitative estimate of drug-likeness (QED) is 0.0651. The van der Waals surface area contributed by atoms with Gasteiger partial charge in [0.05, 0.1) is 41.1 Å². The number of nitro groups is 1. The molecule has 1 unspecified atom stereocenters. The topological polar surface area (TPSA) is 142 Å². The van der Waals surface area contributed by atoms with E-state index < -0.39 is 10.7 Å². The molecule has 2 aromatic carbocycles. The van der Waals surface area contributed by atoms with Crippen molar-refractivity contribution < 1.29 is 38.9 Å². The molecule has 3 fully saturated rings. The molecule has 3 aliphatic carbocycles. The minimum absolute atomic E-state index is 0.0413. The van der Waals surface area contributed by atoms with Crippen LogP contribution in [0.4, 0.5) is 5.69 Å². The number of oxime groups is 1. The summed E-state index contributed by atoms with van der Waals surface area (Å²) in [7, 11) is 0. The summed E-state index contributed by atoms with van der Waals surface area (Å²) in [5, 5.41) is 36.6. The lowest BCUT2D eigenvalue weighted by Crippen LogP contribution is -2.64. The highest BCUT2D eigenvalue weighted by atomic mass is 32.2. The van der Waals surface area contributed by atoms with Crippen LogP contribution in [0.25, 0.3) is 0 Å². The lowest BCUT2D eigenvalue weighted by atomic mass is 9.56. The molecule has 0 radical (unpaired) electrons. The van der Waals surface area contributed by atoms with E-state index in [2.05, 4.69) is 12.7 Å². The van der Waals surface area contributed by atoms with Crippen LogP contribution in [-0.2, 0) is 14.3 Å². The summed E-state index contributed by atoms with van der Waals surface area (Å²) in [6.45, 7) is 5.29.